The van der Waals surface area contributed by atoms with E-state index in [0.717, 1.165) is 57.0 Å². The van der Waals surface area contributed by atoms with Crippen LogP contribution in [-0.4, -0.2) is 51.9 Å². The van der Waals surface area contributed by atoms with Crippen molar-refractivity contribution in [1.29, 1.82) is 0 Å². The van der Waals surface area contributed by atoms with Gasteiger partial charge in [0.05, 0.1) is 4.87 Å². The average molecular weight is 367 g/mol. The third-order valence-electron chi connectivity index (χ3n) is 6.20. The number of rotatable bonds is 5. The SMILES string of the molecule is CC(C)CC(=O)N1CCC2(CC1)SCCN2C(=O)CCC1CCCC1. The number of piperidine rings is 1. The van der Waals surface area contributed by atoms with Gasteiger partial charge in [-0.3, -0.25) is 9.59 Å². The van der Waals surface area contributed by atoms with E-state index in [0.29, 0.717) is 18.2 Å². The molecule has 0 unspecified atom stereocenters. The smallest absolute Gasteiger partial charge is 0.223 e. The zero-order chi connectivity index (χ0) is 17.9. The summed E-state index contributed by atoms with van der Waals surface area (Å²) >= 11 is 1.95. The summed E-state index contributed by atoms with van der Waals surface area (Å²) in [4.78, 5) is 29.4. The average Bonchev–Trinajstić information content (AvgIpc) is 3.23. The van der Waals surface area contributed by atoms with E-state index in [9.17, 15) is 9.59 Å². The van der Waals surface area contributed by atoms with Crippen molar-refractivity contribution in [3.8, 4) is 0 Å². The minimum Gasteiger partial charge on any atom is -0.342 e. The Morgan fingerprint density at radius 2 is 1.76 bits per heavy atom. The predicted octanol–water partition coefficient (Wildman–Crippen LogP) is 3.90. The molecule has 0 N–H and O–H groups in total. The van der Waals surface area contributed by atoms with Gasteiger partial charge in [-0.1, -0.05) is 39.5 Å². The lowest BCUT2D eigenvalue weighted by atomic mass is 9.98. The van der Waals surface area contributed by atoms with Gasteiger partial charge >= 0.3 is 0 Å². The van der Waals surface area contributed by atoms with E-state index in [2.05, 4.69) is 18.7 Å². The second-order valence-corrected chi connectivity index (χ2v) is 9.96. The molecular formula is C20H34N2O2S. The Balaban J connectivity index is 1.52. The first-order valence-corrected chi connectivity index (χ1v) is 11.2. The Morgan fingerprint density at radius 1 is 1.08 bits per heavy atom. The lowest BCUT2D eigenvalue weighted by Crippen LogP contribution is -2.53. The van der Waals surface area contributed by atoms with Crippen molar-refractivity contribution in [3.05, 3.63) is 0 Å². The van der Waals surface area contributed by atoms with Gasteiger partial charge in [0.15, 0.2) is 0 Å². The topological polar surface area (TPSA) is 40.6 Å². The maximum atomic E-state index is 12.9. The number of thioether (sulfide) groups is 1. The molecule has 2 heterocycles. The van der Waals surface area contributed by atoms with Crippen LogP contribution in [0.5, 0.6) is 0 Å². The lowest BCUT2D eigenvalue weighted by Gasteiger charge is -2.44. The van der Waals surface area contributed by atoms with Crippen LogP contribution in [0.25, 0.3) is 0 Å². The molecule has 1 saturated carbocycles. The van der Waals surface area contributed by atoms with E-state index >= 15 is 0 Å². The van der Waals surface area contributed by atoms with Crippen LogP contribution in [0.1, 0.15) is 71.6 Å². The monoisotopic (exact) mass is 366 g/mol. The number of carbonyl (C=O) groups is 2. The lowest BCUT2D eigenvalue weighted by molar-refractivity contribution is -0.137. The number of hydrogen-bond donors (Lipinski definition) is 0. The third kappa shape index (κ3) is 4.53. The summed E-state index contributed by atoms with van der Waals surface area (Å²) in [6.07, 6.45) is 9.67. The quantitative estimate of drug-likeness (QED) is 0.741. The first-order valence-electron chi connectivity index (χ1n) is 10.2. The molecule has 2 saturated heterocycles. The Kier molecular flexibility index (Phi) is 6.35. The van der Waals surface area contributed by atoms with Gasteiger partial charge in [-0.05, 0) is 31.1 Å². The van der Waals surface area contributed by atoms with Gasteiger partial charge in [-0.25, -0.2) is 0 Å². The summed E-state index contributed by atoms with van der Waals surface area (Å²) in [5.41, 5.74) is 0. The highest BCUT2D eigenvalue weighted by atomic mass is 32.2. The fourth-order valence-electron chi connectivity index (χ4n) is 4.72. The molecule has 3 fully saturated rings. The molecule has 3 rings (SSSR count). The number of amides is 2. The van der Waals surface area contributed by atoms with E-state index in [-0.39, 0.29) is 10.8 Å². The molecule has 2 aliphatic heterocycles. The number of nitrogens with zero attached hydrogens (tertiary/aromatic N) is 2. The van der Waals surface area contributed by atoms with Crippen LogP contribution < -0.4 is 0 Å². The van der Waals surface area contributed by atoms with E-state index in [1.165, 1.54) is 25.7 Å². The molecule has 0 radical (unpaired) electrons. The number of carbonyl (C=O) groups excluding carboxylic acids is 2. The van der Waals surface area contributed by atoms with Gasteiger partial charge in [0, 0.05) is 38.2 Å². The molecule has 142 valence electrons. The van der Waals surface area contributed by atoms with Crippen LogP contribution in [0.4, 0.5) is 0 Å². The van der Waals surface area contributed by atoms with Crippen molar-refractivity contribution in [2.75, 3.05) is 25.4 Å². The highest BCUT2D eigenvalue weighted by Gasteiger charge is 2.46. The van der Waals surface area contributed by atoms with Crippen molar-refractivity contribution in [2.45, 2.75) is 76.5 Å². The molecular weight excluding hydrogens is 332 g/mol. The van der Waals surface area contributed by atoms with E-state index < -0.39 is 0 Å². The second-order valence-electron chi connectivity index (χ2n) is 8.51. The van der Waals surface area contributed by atoms with E-state index in [4.69, 9.17) is 0 Å². The van der Waals surface area contributed by atoms with Crippen LogP contribution in [0.3, 0.4) is 0 Å². The molecule has 1 spiro atoms. The van der Waals surface area contributed by atoms with Crippen LogP contribution in [0.2, 0.25) is 0 Å². The van der Waals surface area contributed by atoms with Gasteiger partial charge in [-0.15, -0.1) is 11.8 Å². The van der Waals surface area contributed by atoms with E-state index in [1.54, 1.807) is 0 Å². The molecule has 0 bridgehead atoms. The normalized spacial score (nSPS) is 23.8. The Labute approximate surface area is 157 Å². The summed E-state index contributed by atoms with van der Waals surface area (Å²) in [7, 11) is 0. The predicted molar refractivity (Wildman–Crippen MR) is 103 cm³/mol. The van der Waals surface area contributed by atoms with Crippen LogP contribution in [-0.2, 0) is 9.59 Å². The van der Waals surface area contributed by atoms with Gasteiger partial charge in [0.1, 0.15) is 0 Å². The fraction of sp³-hybridized carbons (Fsp3) is 0.900. The summed E-state index contributed by atoms with van der Waals surface area (Å²) in [6.45, 7) is 6.71. The maximum absolute atomic E-state index is 12.9. The molecule has 1 aliphatic carbocycles. The van der Waals surface area contributed by atoms with E-state index in [1.807, 2.05) is 16.7 Å². The Hall–Kier alpha value is -0.710. The molecule has 3 aliphatic rings. The van der Waals surface area contributed by atoms with Crippen molar-refractivity contribution < 1.29 is 9.59 Å². The molecule has 0 aromatic rings. The highest BCUT2D eigenvalue weighted by Crippen LogP contribution is 2.44. The summed E-state index contributed by atoms with van der Waals surface area (Å²) in [5, 5.41) is 0. The van der Waals surface area contributed by atoms with Gasteiger partial charge in [0.2, 0.25) is 11.8 Å². The van der Waals surface area contributed by atoms with Crippen LogP contribution >= 0.6 is 11.8 Å². The minimum absolute atomic E-state index is 0.0264. The number of hydrogen-bond acceptors (Lipinski definition) is 3. The molecule has 4 nitrogen and oxygen atoms in total. The standard InChI is InChI=1S/C20H34N2O2S/c1-16(2)15-19(24)21-11-9-20(10-12-21)22(13-14-25-20)18(23)8-7-17-5-3-4-6-17/h16-17H,3-15H2,1-2H3. The summed E-state index contributed by atoms with van der Waals surface area (Å²) in [6, 6.07) is 0. The van der Waals surface area contributed by atoms with Crippen molar-refractivity contribution in [1.82, 2.24) is 9.80 Å². The van der Waals surface area contributed by atoms with Gasteiger partial charge in [0.25, 0.3) is 0 Å². The first-order chi connectivity index (χ1) is 12.0. The van der Waals surface area contributed by atoms with Crippen molar-refractivity contribution >= 4 is 23.6 Å². The van der Waals surface area contributed by atoms with Crippen molar-refractivity contribution in [3.63, 3.8) is 0 Å². The molecule has 25 heavy (non-hydrogen) atoms. The maximum Gasteiger partial charge on any atom is 0.223 e. The Bertz CT molecular complexity index is 480. The minimum atomic E-state index is -0.0264. The van der Waals surface area contributed by atoms with Gasteiger partial charge < -0.3 is 9.80 Å². The third-order valence-corrected chi connectivity index (χ3v) is 7.75. The van der Waals surface area contributed by atoms with Crippen molar-refractivity contribution in [2.24, 2.45) is 11.8 Å². The van der Waals surface area contributed by atoms with Crippen LogP contribution in [0.15, 0.2) is 0 Å². The second kappa shape index (κ2) is 8.32. The van der Waals surface area contributed by atoms with Gasteiger partial charge in [-0.2, -0.15) is 0 Å². The summed E-state index contributed by atoms with van der Waals surface area (Å²) < 4.78 is 0. The molecule has 0 aromatic heterocycles. The fourth-order valence-corrected chi connectivity index (χ4v) is 6.19. The molecule has 0 aromatic carbocycles. The highest BCUT2D eigenvalue weighted by molar-refractivity contribution is 8.00. The largest absolute Gasteiger partial charge is 0.342 e. The molecule has 2 amide bonds. The van der Waals surface area contributed by atoms with Crippen LogP contribution in [0, 0.1) is 11.8 Å². The molecule has 0 atom stereocenters. The number of likely N-dealkylation sites (tertiary alicyclic amines) is 1. The zero-order valence-electron chi connectivity index (χ0n) is 16.0. The Morgan fingerprint density at radius 3 is 2.40 bits per heavy atom. The first kappa shape index (κ1) is 19.1. The summed E-state index contributed by atoms with van der Waals surface area (Å²) in [5.74, 6) is 2.89. The zero-order valence-corrected chi connectivity index (χ0v) is 16.8. The molecule has 5 heteroatoms.